The zero-order chi connectivity index (χ0) is 11.6. The molecule has 1 aliphatic heterocycles. The van der Waals surface area contributed by atoms with E-state index in [0.717, 1.165) is 0 Å². The topological polar surface area (TPSA) is 3.24 Å². The summed E-state index contributed by atoms with van der Waals surface area (Å²) in [6.07, 6.45) is 5.64. The molecule has 0 bridgehead atoms. The van der Waals surface area contributed by atoms with E-state index in [1.807, 2.05) is 18.2 Å². The predicted molar refractivity (Wildman–Crippen MR) is 71.8 cm³/mol. The third kappa shape index (κ3) is 5.92. The van der Waals surface area contributed by atoms with Crippen LogP contribution in [0.3, 0.4) is 0 Å². The highest BCUT2D eigenvalue weighted by atomic mass is 15.1. The van der Waals surface area contributed by atoms with Crippen molar-refractivity contribution in [2.75, 3.05) is 19.6 Å². The van der Waals surface area contributed by atoms with Crippen molar-refractivity contribution in [1.29, 1.82) is 0 Å². The highest BCUT2D eigenvalue weighted by Crippen LogP contribution is 2.07. The van der Waals surface area contributed by atoms with Gasteiger partial charge in [-0.1, -0.05) is 49.2 Å². The first-order chi connectivity index (χ1) is 7.83. The predicted octanol–water partition coefficient (Wildman–Crippen LogP) is 3.88. The molecule has 0 saturated carbocycles. The van der Waals surface area contributed by atoms with Gasteiger partial charge in [-0.3, -0.25) is 0 Å². The summed E-state index contributed by atoms with van der Waals surface area (Å²) in [5, 5.41) is 0. The smallest absolute Gasteiger partial charge is 0.00187 e. The molecule has 0 N–H and O–H groups in total. The van der Waals surface area contributed by atoms with E-state index in [2.05, 4.69) is 30.9 Å². The molecule has 1 fully saturated rings. The van der Waals surface area contributed by atoms with Crippen LogP contribution in [0.4, 0.5) is 0 Å². The van der Waals surface area contributed by atoms with Crippen LogP contribution in [-0.4, -0.2) is 24.5 Å². The first kappa shape index (κ1) is 13.2. The molecule has 0 atom stereocenters. The molecule has 0 aromatic heterocycles. The van der Waals surface area contributed by atoms with E-state index in [0.29, 0.717) is 0 Å². The van der Waals surface area contributed by atoms with Gasteiger partial charge in [0.2, 0.25) is 0 Å². The van der Waals surface area contributed by atoms with Crippen LogP contribution >= 0.6 is 0 Å². The third-order valence-corrected chi connectivity index (χ3v) is 2.93. The number of likely N-dealkylation sites (tertiary alicyclic amines) is 1. The SMILES string of the molecule is CCCN1CCCCC1.Cc1ccccc1. The molecule has 1 saturated heterocycles. The molecule has 2 rings (SSSR count). The fraction of sp³-hybridized carbons (Fsp3) is 0.600. The van der Waals surface area contributed by atoms with Crippen molar-refractivity contribution in [1.82, 2.24) is 4.90 Å². The quantitative estimate of drug-likeness (QED) is 0.729. The van der Waals surface area contributed by atoms with Gasteiger partial charge in [0.15, 0.2) is 0 Å². The summed E-state index contributed by atoms with van der Waals surface area (Å²) < 4.78 is 0. The Balaban J connectivity index is 0.000000165. The van der Waals surface area contributed by atoms with Crippen molar-refractivity contribution in [3.63, 3.8) is 0 Å². The van der Waals surface area contributed by atoms with Gasteiger partial charge in [0.05, 0.1) is 0 Å². The summed E-state index contributed by atoms with van der Waals surface area (Å²) in [7, 11) is 0. The normalized spacial score (nSPS) is 16.4. The molecule has 0 radical (unpaired) electrons. The van der Waals surface area contributed by atoms with Crippen molar-refractivity contribution in [3.8, 4) is 0 Å². The van der Waals surface area contributed by atoms with E-state index in [4.69, 9.17) is 0 Å². The lowest BCUT2D eigenvalue weighted by Crippen LogP contribution is -2.30. The fourth-order valence-corrected chi connectivity index (χ4v) is 2.03. The van der Waals surface area contributed by atoms with Crippen LogP contribution in [0.25, 0.3) is 0 Å². The lowest BCUT2D eigenvalue weighted by atomic mass is 10.1. The molecule has 0 amide bonds. The molecule has 1 heteroatoms. The largest absolute Gasteiger partial charge is 0.303 e. The Hall–Kier alpha value is -0.820. The van der Waals surface area contributed by atoms with Crippen molar-refractivity contribution < 1.29 is 0 Å². The van der Waals surface area contributed by atoms with Crippen LogP contribution in [0.2, 0.25) is 0 Å². The summed E-state index contributed by atoms with van der Waals surface area (Å²) in [5.74, 6) is 0. The minimum absolute atomic E-state index is 1.32. The van der Waals surface area contributed by atoms with Crippen LogP contribution in [0.1, 0.15) is 38.2 Å². The van der Waals surface area contributed by atoms with Gasteiger partial charge in [0.25, 0.3) is 0 Å². The number of hydrogen-bond donors (Lipinski definition) is 0. The Morgan fingerprint density at radius 2 is 1.62 bits per heavy atom. The highest BCUT2D eigenvalue weighted by molar-refractivity contribution is 5.11. The Kier molecular flexibility index (Phi) is 6.91. The number of rotatable bonds is 2. The van der Waals surface area contributed by atoms with Crippen LogP contribution in [0.15, 0.2) is 30.3 Å². The summed E-state index contributed by atoms with van der Waals surface area (Å²) in [4.78, 5) is 2.57. The number of nitrogens with zero attached hydrogens (tertiary/aromatic N) is 1. The van der Waals surface area contributed by atoms with E-state index >= 15 is 0 Å². The molecular formula is C15H25N. The molecule has 1 aromatic carbocycles. The summed E-state index contributed by atoms with van der Waals surface area (Å²) in [5.41, 5.74) is 1.32. The van der Waals surface area contributed by atoms with Gasteiger partial charge >= 0.3 is 0 Å². The van der Waals surface area contributed by atoms with Gasteiger partial charge in [0.1, 0.15) is 0 Å². The van der Waals surface area contributed by atoms with Crippen LogP contribution < -0.4 is 0 Å². The van der Waals surface area contributed by atoms with E-state index in [1.165, 1.54) is 50.9 Å². The fourth-order valence-electron chi connectivity index (χ4n) is 2.03. The molecule has 1 nitrogen and oxygen atoms in total. The van der Waals surface area contributed by atoms with Crippen LogP contribution in [0, 0.1) is 6.92 Å². The van der Waals surface area contributed by atoms with E-state index in [1.54, 1.807) is 0 Å². The molecule has 0 aliphatic carbocycles. The number of benzene rings is 1. The Labute approximate surface area is 100 Å². The summed E-state index contributed by atoms with van der Waals surface area (Å²) >= 11 is 0. The lowest BCUT2D eigenvalue weighted by Gasteiger charge is -2.25. The summed E-state index contributed by atoms with van der Waals surface area (Å²) in [6, 6.07) is 10.3. The molecule has 1 aromatic rings. The average Bonchev–Trinajstić information content (AvgIpc) is 2.33. The first-order valence-electron chi connectivity index (χ1n) is 6.57. The minimum Gasteiger partial charge on any atom is -0.303 e. The molecule has 1 heterocycles. The molecule has 90 valence electrons. The maximum Gasteiger partial charge on any atom is -0.00187 e. The second kappa shape index (κ2) is 8.35. The van der Waals surface area contributed by atoms with Crippen molar-refractivity contribution in [3.05, 3.63) is 35.9 Å². The second-order valence-corrected chi connectivity index (χ2v) is 4.56. The zero-order valence-electron chi connectivity index (χ0n) is 10.8. The van der Waals surface area contributed by atoms with Crippen LogP contribution in [-0.2, 0) is 0 Å². The Morgan fingerprint density at radius 1 is 1.00 bits per heavy atom. The van der Waals surface area contributed by atoms with Gasteiger partial charge in [-0.2, -0.15) is 0 Å². The van der Waals surface area contributed by atoms with Gasteiger partial charge in [0, 0.05) is 0 Å². The van der Waals surface area contributed by atoms with E-state index in [-0.39, 0.29) is 0 Å². The molecule has 0 unspecified atom stereocenters. The van der Waals surface area contributed by atoms with Gasteiger partial charge in [-0.15, -0.1) is 0 Å². The monoisotopic (exact) mass is 219 g/mol. The number of piperidine rings is 1. The summed E-state index contributed by atoms with van der Waals surface area (Å²) in [6.45, 7) is 8.37. The minimum atomic E-state index is 1.32. The van der Waals surface area contributed by atoms with E-state index in [9.17, 15) is 0 Å². The Bertz CT molecular complexity index is 247. The maximum absolute atomic E-state index is 2.57. The highest BCUT2D eigenvalue weighted by Gasteiger charge is 2.07. The number of hydrogen-bond acceptors (Lipinski definition) is 1. The lowest BCUT2D eigenvalue weighted by molar-refractivity contribution is 0.229. The molecule has 1 aliphatic rings. The first-order valence-corrected chi connectivity index (χ1v) is 6.57. The standard InChI is InChI=1S/C8H17N.C7H8/c1-2-6-9-7-4-3-5-8-9;1-7-5-3-2-4-6-7/h2-8H2,1H3;2-6H,1H3. The van der Waals surface area contributed by atoms with Crippen LogP contribution in [0.5, 0.6) is 0 Å². The van der Waals surface area contributed by atoms with Gasteiger partial charge in [-0.05, 0) is 45.8 Å². The molecule has 16 heavy (non-hydrogen) atoms. The molecule has 0 spiro atoms. The van der Waals surface area contributed by atoms with Crippen molar-refractivity contribution in [2.45, 2.75) is 39.5 Å². The number of aryl methyl sites for hydroxylation is 1. The second-order valence-electron chi connectivity index (χ2n) is 4.56. The zero-order valence-corrected chi connectivity index (χ0v) is 10.8. The van der Waals surface area contributed by atoms with Crippen molar-refractivity contribution in [2.24, 2.45) is 0 Å². The Morgan fingerprint density at radius 3 is 2.06 bits per heavy atom. The van der Waals surface area contributed by atoms with E-state index < -0.39 is 0 Å². The van der Waals surface area contributed by atoms with Crippen molar-refractivity contribution >= 4 is 0 Å². The average molecular weight is 219 g/mol. The molecular weight excluding hydrogens is 194 g/mol. The van der Waals surface area contributed by atoms with Gasteiger partial charge in [-0.25, -0.2) is 0 Å². The van der Waals surface area contributed by atoms with Gasteiger partial charge < -0.3 is 4.90 Å². The third-order valence-electron chi connectivity index (χ3n) is 2.93. The maximum atomic E-state index is 2.57.